The summed E-state index contributed by atoms with van der Waals surface area (Å²) in [6, 6.07) is 13.2. The molecule has 1 aromatic carbocycles. The molecule has 186 valence electrons. The van der Waals surface area contributed by atoms with E-state index in [1.165, 1.54) is 6.26 Å². The molecule has 1 aliphatic heterocycles. The summed E-state index contributed by atoms with van der Waals surface area (Å²) in [5, 5.41) is 15.5. The average molecular weight is 488 g/mol. The van der Waals surface area contributed by atoms with Crippen LogP contribution in [0, 0.1) is 23.2 Å². The predicted molar refractivity (Wildman–Crippen MR) is 133 cm³/mol. The molecule has 1 aliphatic carbocycles. The summed E-state index contributed by atoms with van der Waals surface area (Å²) in [4.78, 5) is 31.4. The maximum absolute atomic E-state index is 12.8. The van der Waals surface area contributed by atoms with Crippen LogP contribution in [0.1, 0.15) is 49.8 Å². The lowest BCUT2D eigenvalue weighted by Crippen LogP contribution is -2.40. The molecule has 2 N–H and O–H groups in total. The molecule has 2 fully saturated rings. The zero-order valence-electron chi connectivity index (χ0n) is 20.0. The van der Waals surface area contributed by atoms with Crippen LogP contribution in [-0.2, 0) is 16.1 Å². The highest BCUT2D eigenvalue weighted by atomic mass is 16.4. The van der Waals surface area contributed by atoms with Crippen molar-refractivity contribution in [1.29, 1.82) is 5.26 Å². The molecule has 36 heavy (non-hydrogen) atoms. The normalized spacial score (nSPS) is 16.6. The Morgan fingerprint density at radius 2 is 1.83 bits per heavy atom. The molecule has 3 heterocycles. The molecule has 9 heteroatoms. The van der Waals surface area contributed by atoms with Crippen molar-refractivity contribution in [3.8, 4) is 17.7 Å². The molecule has 5 rings (SSSR count). The van der Waals surface area contributed by atoms with Crippen LogP contribution in [0.3, 0.4) is 0 Å². The van der Waals surface area contributed by atoms with E-state index in [2.05, 4.69) is 21.7 Å². The average Bonchev–Trinajstić information content (AvgIpc) is 3.69. The Morgan fingerprint density at radius 1 is 1.06 bits per heavy atom. The lowest BCUT2D eigenvalue weighted by molar-refractivity contribution is -0.125. The molecule has 2 aliphatic rings. The van der Waals surface area contributed by atoms with Gasteiger partial charge in [-0.1, -0.05) is 25.0 Å². The van der Waals surface area contributed by atoms with Gasteiger partial charge in [-0.05, 0) is 55.5 Å². The largest absolute Gasteiger partial charge is 0.459 e. The minimum atomic E-state index is -0.121. The summed E-state index contributed by atoms with van der Waals surface area (Å²) in [6.45, 7) is 1.57. The first kappa shape index (κ1) is 23.7. The molecule has 3 aromatic rings. The van der Waals surface area contributed by atoms with Crippen molar-refractivity contribution in [2.75, 3.05) is 23.3 Å². The molecule has 0 atom stereocenters. The number of piperidine rings is 1. The summed E-state index contributed by atoms with van der Waals surface area (Å²) >= 11 is 0. The first-order chi connectivity index (χ1) is 17.6. The summed E-state index contributed by atoms with van der Waals surface area (Å²) in [5.74, 6) is 1.23. The van der Waals surface area contributed by atoms with E-state index in [1.54, 1.807) is 12.1 Å². The van der Waals surface area contributed by atoms with Crippen LogP contribution in [0.5, 0.6) is 0 Å². The standard InChI is InChI=1S/C27H29N5O4/c28-16-22-27(36-26(31-22)23-9-4-14-35-23)32-12-10-20(11-13-32)24(33)29-17-18-5-3-8-21(15-18)30-25(34)19-6-1-2-7-19/h3-5,8-9,14-15,19-20H,1-2,6-7,10-13,17H2,(H,29,33)(H,30,34). The van der Waals surface area contributed by atoms with Gasteiger partial charge < -0.3 is 24.4 Å². The lowest BCUT2D eigenvalue weighted by atomic mass is 9.96. The fraction of sp³-hybridized carbons (Fsp3) is 0.407. The second kappa shape index (κ2) is 10.7. The second-order valence-corrected chi connectivity index (χ2v) is 9.41. The minimum absolute atomic E-state index is 0.00407. The monoisotopic (exact) mass is 487 g/mol. The summed E-state index contributed by atoms with van der Waals surface area (Å²) in [6.07, 6.45) is 6.97. The molecule has 0 unspecified atom stereocenters. The van der Waals surface area contributed by atoms with Gasteiger partial charge in [0.1, 0.15) is 6.07 Å². The zero-order chi connectivity index (χ0) is 24.9. The van der Waals surface area contributed by atoms with Crippen LogP contribution in [0.15, 0.2) is 51.5 Å². The molecule has 2 aromatic heterocycles. The Kier molecular flexibility index (Phi) is 7.03. The fourth-order valence-corrected chi connectivity index (χ4v) is 4.97. The molecule has 1 saturated heterocycles. The van der Waals surface area contributed by atoms with Gasteiger partial charge in [0.25, 0.3) is 5.89 Å². The Bertz CT molecular complexity index is 1250. The van der Waals surface area contributed by atoms with Crippen LogP contribution >= 0.6 is 0 Å². The van der Waals surface area contributed by atoms with Crippen molar-refractivity contribution in [2.24, 2.45) is 11.8 Å². The highest BCUT2D eigenvalue weighted by Gasteiger charge is 2.29. The number of amides is 2. The van der Waals surface area contributed by atoms with E-state index in [0.717, 1.165) is 36.9 Å². The van der Waals surface area contributed by atoms with Gasteiger partial charge in [0, 0.05) is 37.2 Å². The van der Waals surface area contributed by atoms with Crippen molar-refractivity contribution in [1.82, 2.24) is 10.3 Å². The van der Waals surface area contributed by atoms with E-state index in [9.17, 15) is 14.9 Å². The van der Waals surface area contributed by atoms with Gasteiger partial charge >= 0.3 is 0 Å². The number of nitrogens with one attached hydrogen (secondary N) is 2. The number of carbonyl (C=O) groups excluding carboxylic acids is 2. The van der Waals surface area contributed by atoms with Gasteiger partial charge in [-0.2, -0.15) is 10.2 Å². The highest BCUT2D eigenvalue weighted by molar-refractivity contribution is 5.92. The van der Waals surface area contributed by atoms with E-state index in [0.29, 0.717) is 44.1 Å². The van der Waals surface area contributed by atoms with Gasteiger partial charge in [-0.15, -0.1) is 0 Å². The number of oxazole rings is 1. The van der Waals surface area contributed by atoms with Crippen LogP contribution in [0.2, 0.25) is 0 Å². The Balaban J connectivity index is 1.13. The van der Waals surface area contributed by atoms with Crippen molar-refractivity contribution in [2.45, 2.75) is 45.1 Å². The van der Waals surface area contributed by atoms with Gasteiger partial charge in [-0.25, -0.2) is 0 Å². The number of nitrogens with zero attached hydrogens (tertiary/aromatic N) is 3. The number of benzene rings is 1. The van der Waals surface area contributed by atoms with Gasteiger partial charge in [0.15, 0.2) is 5.76 Å². The Hall–Kier alpha value is -4.06. The van der Waals surface area contributed by atoms with Crippen LogP contribution in [-0.4, -0.2) is 29.9 Å². The number of furan rings is 1. The number of nitriles is 1. The topological polar surface area (TPSA) is 124 Å². The lowest BCUT2D eigenvalue weighted by Gasteiger charge is -2.31. The quantitative estimate of drug-likeness (QED) is 0.504. The highest BCUT2D eigenvalue weighted by Crippen LogP contribution is 2.31. The van der Waals surface area contributed by atoms with Gasteiger partial charge in [-0.3, -0.25) is 9.59 Å². The van der Waals surface area contributed by atoms with Crippen LogP contribution in [0.4, 0.5) is 11.6 Å². The van der Waals surface area contributed by atoms with Gasteiger partial charge in [0.2, 0.25) is 23.4 Å². The SMILES string of the molecule is N#Cc1nc(-c2ccco2)oc1N1CCC(C(=O)NCc2cccc(NC(=O)C3CCCC3)c2)CC1. The number of aromatic nitrogens is 1. The van der Waals surface area contributed by atoms with E-state index in [1.807, 2.05) is 29.2 Å². The maximum atomic E-state index is 12.8. The number of hydrogen-bond acceptors (Lipinski definition) is 7. The van der Waals surface area contributed by atoms with Crippen molar-refractivity contribution in [3.63, 3.8) is 0 Å². The fourth-order valence-electron chi connectivity index (χ4n) is 4.97. The number of carbonyl (C=O) groups is 2. The molecular formula is C27H29N5O4. The molecule has 0 radical (unpaired) electrons. The molecule has 1 saturated carbocycles. The molecule has 9 nitrogen and oxygen atoms in total. The minimum Gasteiger partial charge on any atom is -0.459 e. The summed E-state index contributed by atoms with van der Waals surface area (Å²) in [5.41, 5.74) is 1.92. The molecule has 0 spiro atoms. The van der Waals surface area contributed by atoms with Gasteiger partial charge in [0.05, 0.1) is 6.26 Å². The van der Waals surface area contributed by atoms with E-state index in [4.69, 9.17) is 8.83 Å². The third-order valence-corrected chi connectivity index (χ3v) is 6.99. The third-order valence-electron chi connectivity index (χ3n) is 6.99. The maximum Gasteiger partial charge on any atom is 0.266 e. The first-order valence-corrected chi connectivity index (χ1v) is 12.5. The van der Waals surface area contributed by atoms with Crippen LogP contribution in [0.25, 0.3) is 11.7 Å². The van der Waals surface area contributed by atoms with E-state index < -0.39 is 0 Å². The number of rotatable bonds is 7. The van der Waals surface area contributed by atoms with Crippen molar-refractivity contribution in [3.05, 3.63) is 53.9 Å². The summed E-state index contributed by atoms with van der Waals surface area (Å²) in [7, 11) is 0. The summed E-state index contributed by atoms with van der Waals surface area (Å²) < 4.78 is 11.2. The van der Waals surface area contributed by atoms with Crippen molar-refractivity contribution >= 4 is 23.4 Å². The smallest absolute Gasteiger partial charge is 0.266 e. The van der Waals surface area contributed by atoms with E-state index >= 15 is 0 Å². The molecule has 2 amide bonds. The number of hydrogen-bond donors (Lipinski definition) is 2. The predicted octanol–water partition coefficient (Wildman–Crippen LogP) is 4.47. The number of anilines is 2. The third kappa shape index (κ3) is 5.28. The Labute approximate surface area is 209 Å². The molecule has 0 bridgehead atoms. The zero-order valence-corrected chi connectivity index (χ0v) is 20.0. The van der Waals surface area contributed by atoms with E-state index in [-0.39, 0.29) is 35.2 Å². The first-order valence-electron chi connectivity index (χ1n) is 12.5. The molecular weight excluding hydrogens is 458 g/mol. The Morgan fingerprint density at radius 3 is 2.56 bits per heavy atom. The second-order valence-electron chi connectivity index (χ2n) is 9.41. The van der Waals surface area contributed by atoms with Crippen LogP contribution < -0.4 is 15.5 Å². The van der Waals surface area contributed by atoms with Crippen molar-refractivity contribution < 1.29 is 18.4 Å².